The highest BCUT2D eigenvalue weighted by Crippen LogP contribution is 2.48. The van der Waals surface area contributed by atoms with Crippen molar-refractivity contribution >= 4 is 49.3 Å². The SMILES string of the molecule is O=C(CCc1cccnc1)c1ccc([C@H]2C[C@@H]2C(=O)Cc2ccc3cnccc3c2)cc1.S.S. The monoisotopic (exact) mass is 488 g/mol. The van der Waals surface area contributed by atoms with Crippen LogP contribution in [0.1, 0.15) is 45.8 Å². The van der Waals surface area contributed by atoms with E-state index in [0.717, 1.165) is 39.4 Å². The molecule has 34 heavy (non-hydrogen) atoms. The molecule has 174 valence electrons. The molecule has 0 N–H and O–H groups in total. The Balaban J connectivity index is 0.00000162. The molecule has 2 atom stereocenters. The van der Waals surface area contributed by atoms with E-state index in [2.05, 4.69) is 16.0 Å². The van der Waals surface area contributed by atoms with Crippen LogP contribution in [0.5, 0.6) is 0 Å². The second-order valence-electron chi connectivity index (χ2n) is 8.56. The largest absolute Gasteiger partial charge is 0.299 e. The van der Waals surface area contributed by atoms with Crippen molar-refractivity contribution in [3.63, 3.8) is 0 Å². The van der Waals surface area contributed by atoms with E-state index >= 15 is 0 Å². The number of hydrogen-bond donors (Lipinski definition) is 0. The van der Waals surface area contributed by atoms with E-state index in [1.165, 1.54) is 0 Å². The maximum atomic E-state index is 12.8. The Labute approximate surface area is 213 Å². The minimum absolute atomic E-state index is 0. The molecule has 0 unspecified atom stereocenters. The fourth-order valence-corrected chi connectivity index (χ4v) is 4.36. The summed E-state index contributed by atoms with van der Waals surface area (Å²) in [7, 11) is 0. The molecule has 6 heteroatoms. The first-order chi connectivity index (χ1) is 15.7. The summed E-state index contributed by atoms with van der Waals surface area (Å²) < 4.78 is 0. The van der Waals surface area contributed by atoms with Gasteiger partial charge in [0.15, 0.2) is 5.78 Å². The number of pyridine rings is 2. The van der Waals surface area contributed by atoms with Crippen LogP contribution in [0.2, 0.25) is 0 Å². The zero-order chi connectivity index (χ0) is 21.9. The van der Waals surface area contributed by atoms with Crippen LogP contribution in [0, 0.1) is 5.92 Å². The van der Waals surface area contributed by atoms with Crippen LogP contribution in [0.3, 0.4) is 0 Å². The third kappa shape index (κ3) is 5.93. The van der Waals surface area contributed by atoms with E-state index in [-0.39, 0.29) is 44.6 Å². The first-order valence-electron chi connectivity index (χ1n) is 11.0. The Morgan fingerprint density at radius 3 is 2.38 bits per heavy atom. The quantitative estimate of drug-likeness (QED) is 0.304. The number of fused-ring (bicyclic) bond motifs is 1. The molecule has 1 aliphatic carbocycles. The van der Waals surface area contributed by atoms with Crippen LogP contribution in [0.15, 0.2) is 85.5 Å². The van der Waals surface area contributed by atoms with Crippen LogP contribution in [-0.2, 0) is 17.6 Å². The highest BCUT2D eigenvalue weighted by molar-refractivity contribution is 7.59. The number of ketones is 2. The molecule has 1 saturated carbocycles. The van der Waals surface area contributed by atoms with Crippen molar-refractivity contribution in [3.8, 4) is 0 Å². The van der Waals surface area contributed by atoms with E-state index in [1.54, 1.807) is 18.6 Å². The Morgan fingerprint density at radius 2 is 1.62 bits per heavy atom. The van der Waals surface area contributed by atoms with Gasteiger partial charge in [-0.25, -0.2) is 0 Å². The van der Waals surface area contributed by atoms with Gasteiger partial charge in [-0.15, -0.1) is 0 Å². The van der Waals surface area contributed by atoms with Gasteiger partial charge < -0.3 is 0 Å². The summed E-state index contributed by atoms with van der Waals surface area (Å²) in [5, 5.41) is 2.20. The van der Waals surface area contributed by atoms with Crippen LogP contribution < -0.4 is 0 Å². The second kappa shape index (κ2) is 11.4. The molecule has 4 nitrogen and oxygen atoms in total. The Kier molecular flexibility index (Phi) is 8.64. The molecule has 2 heterocycles. The van der Waals surface area contributed by atoms with E-state index in [0.29, 0.717) is 25.0 Å². The lowest BCUT2D eigenvalue weighted by molar-refractivity contribution is -0.119. The van der Waals surface area contributed by atoms with Crippen molar-refractivity contribution < 1.29 is 9.59 Å². The third-order valence-electron chi connectivity index (χ3n) is 6.31. The summed E-state index contributed by atoms with van der Waals surface area (Å²) in [6.07, 6.45) is 9.67. The number of benzene rings is 2. The molecule has 2 aromatic heterocycles. The van der Waals surface area contributed by atoms with Gasteiger partial charge in [0.25, 0.3) is 0 Å². The molecular weight excluding hydrogens is 460 g/mol. The first kappa shape index (κ1) is 25.7. The van der Waals surface area contributed by atoms with Gasteiger partial charge >= 0.3 is 0 Å². The molecule has 1 aliphatic rings. The molecule has 0 bridgehead atoms. The molecule has 0 aliphatic heterocycles. The van der Waals surface area contributed by atoms with Crippen molar-refractivity contribution in [2.24, 2.45) is 5.92 Å². The minimum atomic E-state index is 0. The van der Waals surface area contributed by atoms with Gasteiger partial charge in [-0.05, 0) is 53.0 Å². The van der Waals surface area contributed by atoms with Crippen molar-refractivity contribution in [1.29, 1.82) is 0 Å². The molecule has 2 aromatic carbocycles. The van der Waals surface area contributed by atoms with Gasteiger partial charge in [-0.1, -0.05) is 48.5 Å². The number of aromatic nitrogens is 2. The molecule has 5 rings (SSSR count). The maximum Gasteiger partial charge on any atom is 0.163 e. The average Bonchev–Trinajstić information content (AvgIpc) is 3.64. The lowest BCUT2D eigenvalue weighted by atomic mass is 9.99. The Hall–Kier alpha value is -2.96. The summed E-state index contributed by atoms with van der Waals surface area (Å²) in [4.78, 5) is 33.6. The highest BCUT2D eigenvalue weighted by atomic mass is 32.1. The molecule has 0 saturated heterocycles. The van der Waals surface area contributed by atoms with Gasteiger partial charge in [0, 0.05) is 54.5 Å². The van der Waals surface area contributed by atoms with Crippen LogP contribution >= 0.6 is 27.0 Å². The topological polar surface area (TPSA) is 59.9 Å². The fourth-order valence-electron chi connectivity index (χ4n) is 4.36. The van der Waals surface area contributed by atoms with E-state index < -0.39 is 0 Å². The van der Waals surface area contributed by atoms with Gasteiger partial charge in [0.1, 0.15) is 5.78 Å². The normalized spacial score (nSPS) is 16.2. The molecule has 0 spiro atoms. The van der Waals surface area contributed by atoms with E-state index in [9.17, 15) is 9.59 Å². The van der Waals surface area contributed by atoms with E-state index in [1.807, 2.05) is 60.8 Å². The van der Waals surface area contributed by atoms with Gasteiger partial charge in [0.2, 0.25) is 0 Å². The Morgan fingerprint density at radius 1 is 0.824 bits per heavy atom. The standard InChI is InChI=1S/C28H24N2O2.2H2S/c31-27(10-4-19-2-1-12-29-17-19)22-8-6-21(7-9-22)25-16-26(25)28(32)15-20-3-5-24-18-30-13-11-23(24)14-20;;/h1-3,5-9,11-14,17-18,25-26H,4,10,15-16H2;2*1H2/t25-,26+;;/m1../s1. The number of carbonyl (C=O) groups is 2. The number of Topliss-reactive ketones (excluding diaryl/α,β-unsaturated/α-hetero) is 2. The van der Waals surface area contributed by atoms with Crippen molar-refractivity contribution in [1.82, 2.24) is 9.97 Å². The van der Waals surface area contributed by atoms with Crippen LogP contribution in [0.4, 0.5) is 0 Å². The number of aryl methyl sites for hydroxylation is 1. The minimum Gasteiger partial charge on any atom is -0.299 e. The van der Waals surface area contributed by atoms with Crippen molar-refractivity contribution in [2.45, 2.75) is 31.6 Å². The average molecular weight is 489 g/mol. The van der Waals surface area contributed by atoms with Gasteiger partial charge in [-0.3, -0.25) is 19.6 Å². The van der Waals surface area contributed by atoms with Crippen molar-refractivity contribution in [2.75, 3.05) is 0 Å². The number of rotatable bonds is 8. The number of carbonyl (C=O) groups excluding carboxylic acids is 2. The zero-order valence-electron chi connectivity index (χ0n) is 18.8. The fraction of sp³-hybridized carbons (Fsp3) is 0.214. The predicted octanol–water partition coefficient (Wildman–Crippen LogP) is 5.59. The summed E-state index contributed by atoms with van der Waals surface area (Å²) >= 11 is 0. The maximum absolute atomic E-state index is 12.8. The van der Waals surface area contributed by atoms with Crippen LogP contribution in [0.25, 0.3) is 10.8 Å². The summed E-state index contributed by atoms with van der Waals surface area (Å²) in [6, 6.07) is 19.8. The highest BCUT2D eigenvalue weighted by Gasteiger charge is 2.43. The second-order valence-corrected chi connectivity index (χ2v) is 8.56. The van der Waals surface area contributed by atoms with E-state index in [4.69, 9.17) is 0 Å². The molecule has 1 fully saturated rings. The number of nitrogens with zero attached hydrogens (tertiary/aromatic N) is 2. The summed E-state index contributed by atoms with van der Waals surface area (Å²) in [5.74, 6) is 0.775. The zero-order valence-corrected chi connectivity index (χ0v) is 20.8. The molecule has 0 amide bonds. The molecule has 0 radical (unpaired) electrons. The number of hydrogen-bond acceptors (Lipinski definition) is 4. The lowest BCUT2D eigenvalue weighted by Gasteiger charge is -2.05. The Bertz CT molecular complexity index is 1280. The third-order valence-corrected chi connectivity index (χ3v) is 6.31. The van der Waals surface area contributed by atoms with Gasteiger partial charge in [-0.2, -0.15) is 27.0 Å². The predicted molar refractivity (Wildman–Crippen MR) is 145 cm³/mol. The summed E-state index contributed by atoms with van der Waals surface area (Å²) in [6.45, 7) is 0. The summed E-state index contributed by atoms with van der Waals surface area (Å²) in [5.41, 5.74) is 4.00. The molecular formula is C28H28N2O2S2. The van der Waals surface area contributed by atoms with Gasteiger partial charge in [0.05, 0.1) is 0 Å². The smallest absolute Gasteiger partial charge is 0.163 e. The molecule has 4 aromatic rings. The van der Waals surface area contributed by atoms with Crippen LogP contribution in [-0.4, -0.2) is 21.5 Å². The first-order valence-corrected chi connectivity index (χ1v) is 11.0. The lowest BCUT2D eigenvalue weighted by Crippen LogP contribution is -2.06. The van der Waals surface area contributed by atoms with Crippen molar-refractivity contribution in [3.05, 3.63) is 108 Å².